The molecule has 0 bridgehead atoms. The third-order valence-corrected chi connectivity index (χ3v) is 3.72. The minimum Gasteiger partial charge on any atom is -0.298 e. The summed E-state index contributed by atoms with van der Waals surface area (Å²) in [7, 11) is 0. The van der Waals surface area contributed by atoms with E-state index >= 15 is 0 Å². The molecule has 0 fully saturated rings. The van der Waals surface area contributed by atoms with Gasteiger partial charge in [0.15, 0.2) is 0 Å². The minimum absolute atomic E-state index is 0.211. The van der Waals surface area contributed by atoms with E-state index in [1.165, 1.54) is 12.1 Å². The van der Waals surface area contributed by atoms with Gasteiger partial charge in [0.25, 0.3) is 5.92 Å². The SMILES string of the molecule is CCC(F)c1cc(/C=C/c2cccc(C=O)c2)cc(C(C)(F)F)c1. The smallest absolute Gasteiger partial charge is 0.270 e. The summed E-state index contributed by atoms with van der Waals surface area (Å²) in [6, 6.07) is 11.0. The Kier molecular flexibility index (Phi) is 5.60. The summed E-state index contributed by atoms with van der Waals surface area (Å²) in [6.45, 7) is 2.47. The molecule has 2 rings (SSSR count). The molecule has 0 radical (unpaired) electrons. The molecule has 1 atom stereocenters. The highest BCUT2D eigenvalue weighted by atomic mass is 19.3. The van der Waals surface area contributed by atoms with Crippen LogP contribution in [-0.2, 0) is 5.92 Å². The molecule has 0 spiro atoms. The summed E-state index contributed by atoms with van der Waals surface area (Å²) in [5.74, 6) is -3.04. The highest BCUT2D eigenvalue weighted by molar-refractivity contribution is 5.78. The van der Waals surface area contributed by atoms with Gasteiger partial charge in [0, 0.05) is 18.1 Å². The highest BCUT2D eigenvalue weighted by Gasteiger charge is 2.25. The summed E-state index contributed by atoms with van der Waals surface area (Å²) in [4.78, 5) is 10.8. The lowest BCUT2D eigenvalue weighted by atomic mass is 9.98. The van der Waals surface area contributed by atoms with Crippen LogP contribution in [0.1, 0.15) is 59.1 Å². The van der Waals surface area contributed by atoms with Crippen LogP contribution in [0.25, 0.3) is 12.2 Å². The number of hydrogen-bond acceptors (Lipinski definition) is 1. The van der Waals surface area contributed by atoms with Crippen LogP contribution in [0.3, 0.4) is 0 Å². The van der Waals surface area contributed by atoms with Crippen molar-refractivity contribution >= 4 is 18.4 Å². The van der Waals surface area contributed by atoms with Crippen LogP contribution in [-0.4, -0.2) is 6.29 Å². The Morgan fingerprint density at radius 1 is 1.04 bits per heavy atom. The fourth-order valence-electron chi connectivity index (χ4n) is 2.37. The molecule has 0 aliphatic heterocycles. The number of carbonyl (C=O) groups is 1. The zero-order chi connectivity index (χ0) is 17.7. The van der Waals surface area contributed by atoms with Crippen LogP contribution < -0.4 is 0 Å². The first-order valence-corrected chi connectivity index (χ1v) is 7.74. The van der Waals surface area contributed by atoms with E-state index in [9.17, 15) is 18.0 Å². The fraction of sp³-hybridized carbons (Fsp3) is 0.250. The summed E-state index contributed by atoms with van der Waals surface area (Å²) >= 11 is 0. The van der Waals surface area contributed by atoms with Gasteiger partial charge in [-0.3, -0.25) is 4.79 Å². The van der Waals surface area contributed by atoms with Crippen molar-refractivity contribution in [3.8, 4) is 0 Å². The van der Waals surface area contributed by atoms with E-state index < -0.39 is 12.1 Å². The van der Waals surface area contributed by atoms with Crippen LogP contribution >= 0.6 is 0 Å². The molecule has 0 aliphatic rings. The van der Waals surface area contributed by atoms with Gasteiger partial charge in [0.05, 0.1) is 0 Å². The van der Waals surface area contributed by atoms with Crippen molar-refractivity contribution in [2.45, 2.75) is 32.4 Å². The third-order valence-electron chi connectivity index (χ3n) is 3.72. The van der Waals surface area contributed by atoms with E-state index in [0.29, 0.717) is 11.1 Å². The maximum absolute atomic E-state index is 14.0. The molecule has 0 saturated carbocycles. The monoisotopic (exact) mass is 332 g/mol. The van der Waals surface area contributed by atoms with Crippen molar-refractivity contribution in [3.05, 3.63) is 70.3 Å². The summed E-state index contributed by atoms with van der Waals surface area (Å²) in [6.07, 6.45) is 3.04. The second-order valence-electron chi connectivity index (χ2n) is 5.77. The van der Waals surface area contributed by atoms with Crippen LogP contribution in [0.15, 0.2) is 42.5 Å². The number of hydrogen-bond donors (Lipinski definition) is 0. The van der Waals surface area contributed by atoms with E-state index in [-0.39, 0.29) is 17.5 Å². The lowest BCUT2D eigenvalue weighted by Gasteiger charge is -2.15. The summed E-state index contributed by atoms with van der Waals surface area (Å²) < 4.78 is 41.3. The lowest BCUT2D eigenvalue weighted by molar-refractivity contribution is 0.0173. The number of aldehydes is 1. The topological polar surface area (TPSA) is 17.1 Å². The lowest BCUT2D eigenvalue weighted by Crippen LogP contribution is -2.08. The van der Waals surface area contributed by atoms with Crippen LogP contribution in [0.2, 0.25) is 0 Å². The minimum atomic E-state index is -3.04. The molecule has 24 heavy (non-hydrogen) atoms. The van der Waals surface area contributed by atoms with E-state index in [1.807, 2.05) is 0 Å². The molecule has 1 unspecified atom stereocenters. The second-order valence-corrected chi connectivity index (χ2v) is 5.77. The molecule has 0 aliphatic carbocycles. The van der Waals surface area contributed by atoms with Crippen molar-refractivity contribution < 1.29 is 18.0 Å². The first-order chi connectivity index (χ1) is 11.3. The molecule has 4 heteroatoms. The van der Waals surface area contributed by atoms with Gasteiger partial charge in [-0.2, -0.15) is 0 Å². The van der Waals surface area contributed by atoms with Crippen molar-refractivity contribution in [2.75, 3.05) is 0 Å². The molecule has 0 aromatic heterocycles. The second kappa shape index (κ2) is 7.47. The predicted molar refractivity (Wildman–Crippen MR) is 90.9 cm³/mol. The Bertz CT molecular complexity index is 745. The molecule has 0 saturated heterocycles. The number of carbonyl (C=O) groups excluding carboxylic acids is 1. The van der Waals surface area contributed by atoms with Gasteiger partial charge < -0.3 is 0 Å². The first-order valence-electron chi connectivity index (χ1n) is 7.74. The van der Waals surface area contributed by atoms with Gasteiger partial charge in [0.1, 0.15) is 12.5 Å². The molecule has 126 valence electrons. The van der Waals surface area contributed by atoms with Crippen molar-refractivity contribution in [1.82, 2.24) is 0 Å². The Hall–Kier alpha value is -2.36. The Morgan fingerprint density at radius 3 is 2.33 bits per heavy atom. The molecular formula is C20H19F3O. The van der Waals surface area contributed by atoms with Gasteiger partial charge in [-0.15, -0.1) is 0 Å². The predicted octanol–water partition coefficient (Wildman–Crippen LogP) is 6.20. The average molecular weight is 332 g/mol. The van der Waals surface area contributed by atoms with E-state index in [1.54, 1.807) is 49.4 Å². The fourth-order valence-corrected chi connectivity index (χ4v) is 2.37. The van der Waals surface area contributed by atoms with Gasteiger partial charge in [-0.1, -0.05) is 37.3 Å². The van der Waals surface area contributed by atoms with Crippen LogP contribution in [0, 0.1) is 0 Å². The summed E-state index contributed by atoms with van der Waals surface area (Å²) in [5.41, 5.74) is 1.83. The number of alkyl halides is 3. The molecule has 0 N–H and O–H groups in total. The van der Waals surface area contributed by atoms with Gasteiger partial charge in [0.2, 0.25) is 0 Å². The maximum Gasteiger partial charge on any atom is 0.270 e. The molecule has 0 heterocycles. The van der Waals surface area contributed by atoms with E-state index in [4.69, 9.17) is 0 Å². The van der Waals surface area contributed by atoms with Crippen molar-refractivity contribution in [3.63, 3.8) is 0 Å². The van der Waals surface area contributed by atoms with E-state index in [0.717, 1.165) is 18.8 Å². The molecule has 0 amide bonds. The third kappa shape index (κ3) is 4.57. The van der Waals surface area contributed by atoms with Gasteiger partial charge in [-0.25, -0.2) is 13.2 Å². The van der Waals surface area contributed by atoms with Crippen LogP contribution in [0.4, 0.5) is 13.2 Å². The molecule has 2 aromatic rings. The quantitative estimate of drug-likeness (QED) is 0.454. The summed E-state index contributed by atoms with van der Waals surface area (Å²) in [5, 5.41) is 0. The maximum atomic E-state index is 14.0. The normalized spacial score (nSPS) is 13.2. The number of rotatable bonds is 6. The zero-order valence-electron chi connectivity index (χ0n) is 13.6. The van der Waals surface area contributed by atoms with Crippen molar-refractivity contribution in [1.29, 1.82) is 0 Å². The van der Waals surface area contributed by atoms with Crippen LogP contribution in [0.5, 0.6) is 0 Å². The Balaban J connectivity index is 2.41. The highest BCUT2D eigenvalue weighted by Crippen LogP contribution is 2.32. The van der Waals surface area contributed by atoms with E-state index in [2.05, 4.69) is 0 Å². The molecule has 2 aromatic carbocycles. The molecular weight excluding hydrogens is 313 g/mol. The first kappa shape index (κ1) is 18.0. The average Bonchev–Trinajstić information content (AvgIpc) is 2.58. The van der Waals surface area contributed by atoms with Gasteiger partial charge in [-0.05, 0) is 47.4 Å². The molecule has 1 nitrogen and oxygen atoms in total. The van der Waals surface area contributed by atoms with Crippen molar-refractivity contribution in [2.24, 2.45) is 0 Å². The number of halogens is 3. The number of benzene rings is 2. The standard InChI is InChI=1S/C20H19F3O/c1-3-19(21)17-10-15(11-18(12-17)20(2,22)23)8-7-14-5-4-6-16(9-14)13-24/h4-13,19H,3H2,1-2H3/b8-7+. The largest absolute Gasteiger partial charge is 0.298 e. The zero-order valence-corrected chi connectivity index (χ0v) is 13.6. The van der Waals surface area contributed by atoms with Gasteiger partial charge >= 0.3 is 0 Å². The Morgan fingerprint density at radius 2 is 1.71 bits per heavy atom. The Labute approximate surface area is 139 Å².